The Morgan fingerprint density at radius 1 is 0.528 bits per heavy atom. The zero-order valence-electron chi connectivity index (χ0n) is 24.2. The van der Waals surface area contributed by atoms with E-state index in [2.05, 4.69) is 104 Å². The summed E-state index contributed by atoms with van der Waals surface area (Å²) in [6, 6.07) is 0. The Bertz CT molecular complexity index is 996. The molecule has 0 radical (unpaired) electrons. The number of halogens is 2. The molecule has 0 saturated carbocycles. The van der Waals surface area contributed by atoms with E-state index in [9.17, 15) is 0 Å². The van der Waals surface area contributed by atoms with Crippen LogP contribution in [-0.4, -0.2) is 12.0 Å². The Morgan fingerprint density at radius 2 is 0.861 bits per heavy atom. The molecule has 0 atom stereocenters. The standard InChI is InChI=1S/2C7H9.2C6H7.2C2H7Si.2ClH.2Hf/c2*1-6-4-3-5-7(6)2;2*1-6-4-2-3-5-6;2*1-3-2;;;;/h2*4H,3H2,1-2H3;2*2,4H,3H2,1H3;2*3H,1-2H3;2*1H;;/q;;;;;;;;2*+1/p-2. The van der Waals surface area contributed by atoms with Crippen LogP contribution < -0.4 is 24.8 Å². The fourth-order valence-corrected chi connectivity index (χ4v) is 65.1. The molecule has 6 heteroatoms. The van der Waals surface area contributed by atoms with Gasteiger partial charge in [0.2, 0.25) is 0 Å². The van der Waals surface area contributed by atoms with Gasteiger partial charge in [-0.2, -0.15) is 0 Å². The van der Waals surface area contributed by atoms with E-state index in [1.807, 2.05) is 13.3 Å². The van der Waals surface area contributed by atoms with Crippen molar-refractivity contribution in [2.24, 2.45) is 0 Å². The second-order valence-corrected chi connectivity index (χ2v) is 64.6. The minimum Gasteiger partial charge on any atom is -1.00 e. The quantitative estimate of drug-likeness (QED) is 0.361. The second-order valence-electron chi connectivity index (χ2n) is 11.1. The van der Waals surface area contributed by atoms with E-state index in [0.29, 0.717) is 0 Å². The minimum absolute atomic E-state index is 0. The molecular formula is C30H46Cl2Hf2Si2. The van der Waals surface area contributed by atoms with Crippen LogP contribution in [0.4, 0.5) is 0 Å². The molecule has 4 aliphatic carbocycles. The summed E-state index contributed by atoms with van der Waals surface area (Å²) in [5.41, 5.74) is 9.69. The van der Waals surface area contributed by atoms with Crippen LogP contribution in [0.1, 0.15) is 67.2 Å². The smallest absolute Gasteiger partial charge is 1.00 e. The van der Waals surface area contributed by atoms with Gasteiger partial charge in [-0.1, -0.05) is 0 Å². The van der Waals surface area contributed by atoms with Crippen LogP contribution in [0.15, 0.2) is 83.2 Å². The van der Waals surface area contributed by atoms with E-state index < -0.39 is 53.2 Å². The third-order valence-electron chi connectivity index (χ3n) is 8.10. The summed E-state index contributed by atoms with van der Waals surface area (Å²) in [4.78, 5) is 0. The molecule has 0 bridgehead atoms. The first-order valence-electron chi connectivity index (χ1n) is 13.3. The summed E-state index contributed by atoms with van der Waals surface area (Å²) in [6.45, 7) is 24.4. The van der Waals surface area contributed by atoms with Crippen molar-refractivity contribution in [1.29, 1.82) is 0 Å². The summed E-state index contributed by atoms with van der Waals surface area (Å²) in [6.07, 6.45) is 19.6. The van der Waals surface area contributed by atoms with E-state index >= 15 is 0 Å². The van der Waals surface area contributed by atoms with Crippen molar-refractivity contribution in [3.8, 4) is 0 Å². The predicted octanol–water partition coefficient (Wildman–Crippen LogP) is 2.90. The molecule has 36 heavy (non-hydrogen) atoms. The number of hydrogen-bond donors (Lipinski definition) is 0. The molecular weight excluding hydrogens is 844 g/mol. The summed E-state index contributed by atoms with van der Waals surface area (Å²) < 4.78 is 7.72. The molecule has 0 spiro atoms. The Balaban J connectivity index is 0.000000341. The minimum atomic E-state index is -1.62. The van der Waals surface area contributed by atoms with E-state index in [4.69, 9.17) is 0 Å². The Morgan fingerprint density at radius 3 is 1.06 bits per heavy atom. The molecule has 0 aromatic heterocycles. The average molecular weight is 891 g/mol. The topological polar surface area (TPSA) is 0 Å². The van der Waals surface area contributed by atoms with Crippen LogP contribution in [0.5, 0.6) is 0 Å². The van der Waals surface area contributed by atoms with Gasteiger partial charge in [-0.25, -0.2) is 0 Å². The average Bonchev–Trinajstić information content (AvgIpc) is 3.53. The summed E-state index contributed by atoms with van der Waals surface area (Å²) in [7, 11) is 0. The summed E-state index contributed by atoms with van der Waals surface area (Å²) in [5, 5.41) is 0. The van der Waals surface area contributed by atoms with Gasteiger partial charge in [0.05, 0.1) is 0 Å². The van der Waals surface area contributed by atoms with Gasteiger partial charge in [0, 0.05) is 0 Å². The Kier molecular flexibility index (Phi) is 14.9. The predicted molar refractivity (Wildman–Crippen MR) is 153 cm³/mol. The van der Waals surface area contributed by atoms with Crippen LogP contribution in [0.3, 0.4) is 0 Å². The van der Waals surface area contributed by atoms with Crippen molar-refractivity contribution in [3.63, 3.8) is 0 Å². The fraction of sp³-hybridized carbons (Fsp3) is 0.467. The molecule has 0 amide bonds. The van der Waals surface area contributed by atoms with Crippen LogP contribution >= 0.6 is 0 Å². The van der Waals surface area contributed by atoms with E-state index in [1.54, 1.807) is 33.4 Å². The first-order valence-corrected chi connectivity index (χ1v) is 38.7. The Hall–Kier alpha value is 0.674. The molecule has 0 saturated heterocycles. The van der Waals surface area contributed by atoms with Crippen molar-refractivity contribution >= 4 is 12.0 Å². The maximum Gasteiger partial charge on any atom is -1.00 e. The Labute approximate surface area is 252 Å². The molecule has 4 rings (SSSR count). The third kappa shape index (κ3) is 7.87. The van der Waals surface area contributed by atoms with Crippen molar-refractivity contribution in [1.82, 2.24) is 0 Å². The van der Waals surface area contributed by atoms with Gasteiger partial charge in [0.15, 0.2) is 0 Å². The molecule has 0 N–H and O–H groups in total. The fourth-order valence-electron chi connectivity index (χ4n) is 5.86. The normalized spacial score (nSPS) is 18.7. The summed E-state index contributed by atoms with van der Waals surface area (Å²) in [5.74, 6) is -0.944. The monoisotopic (exact) mass is 892 g/mol. The number of rotatable bonds is 6. The van der Waals surface area contributed by atoms with Gasteiger partial charge >= 0.3 is 230 Å². The SMILES string of the molecule is CC1=CC[C]([Hf+]([C]2=C(C)C=CC2)[SiH](C)C)=C1C.CC1=CC[C]([Hf+]([C]2=C(C)C=CC2)[SiH](C)C)=C1C.[Cl-].[Cl-]. The van der Waals surface area contributed by atoms with Crippen LogP contribution in [0, 0.1) is 0 Å². The molecule has 0 aromatic carbocycles. The molecule has 0 unspecified atom stereocenters. The largest absolute Gasteiger partial charge is 1.00 e. The van der Waals surface area contributed by atoms with Gasteiger partial charge in [-0.15, -0.1) is 0 Å². The van der Waals surface area contributed by atoms with Crippen molar-refractivity contribution in [2.75, 3.05) is 0 Å². The van der Waals surface area contributed by atoms with Gasteiger partial charge in [-0.3, -0.25) is 0 Å². The first kappa shape index (κ1) is 34.7. The maximum absolute atomic E-state index is 2.59. The molecule has 0 nitrogen and oxygen atoms in total. The maximum atomic E-state index is 2.59. The van der Waals surface area contributed by atoms with Crippen molar-refractivity contribution in [2.45, 2.75) is 93.4 Å². The molecule has 0 aromatic rings. The molecule has 196 valence electrons. The molecule has 4 aliphatic rings. The second kappa shape index (κ2) is 15.5. The van der Waals surface area contributed by atoms with E-state index in [1.165, 1.54) is 25.7 Å². The first-order chi connectivity index (χ1) is 16.0. The molecule has 0 aliphatic heterocycles. The third-order valence-corrected chi connectivity index (χ3v) is 64.5. The van der Waals surface area contributed by atoms with Crippen LogP contribution in [0.25, 0.3) is 0 Å². The van der Waals surface area contributed by atoms with Crippen LogP contribution in [0.2, 0.25) is 26.2 Å². The van der Waals surface area contributed by atoms with Gasteiger partial charge in [0.1, 0.15) is 0 Å². The summed E-state index contributed by atoms with van der Waals surface area (Å²) >= 11 is -3.24. The van der Waals surface area contributed by atoms with Crippen molar-refractivity contribution in [3.05, 3.63) is 83.2 Å². The molecule has 0 heterocycles. The van der Waals surface area contributed by atoms with E-state index in [-0.39, 0.29) is 24.8 Å². The van der Waals surface area contributed by atoms with Gasteiger partial charge in [-0.05, 0) is 0 Å². The number of hydrogen-bond acceptors (Lipinski definition) is 0. The number of allylic oxidation sites excluding steroid dienone is 16. The zero-order valence-corrected chi connectivity index (χ0v) is 35.2. The molecule has 0 fully saturated rings. The van der Waals surface area contributed by atoms with Gasteiger partial charge in [0.25, 0.3) is 0 Å². The zero-order chi connectivity index (χ0) is 25.2. The van der Waals surface area contributed by atoms with Gasteiger partial charge < -0.3 is 24.8 Å². The van der Waals surface area contributed by atoms with Crippen molar-refractivity contribution < 1.29 is 66.0 Å². The van der Waals surface area contributed by atoms with E-state index in [0.717, 1.165) is 0 Å². The van der Waals surface area contributed by atoms with Crippen LogP contribution in [-0.2, 0) is 41.2 Å².